The topological polar surface area (TPSA) is 67.9 Å². The summed E-state index contributed by atoms with van der Waals surface area (Å²) < 4.78 is 11.3. The van der Waals surface area contributed by atoms with Crippen molar-refractivity contribution in [2.24, 2.45) is 0 Å². The van der Waals surface area contributed by atoms with Crippen LogP contribution in [0.1, 0.15) is 36.8 Å². The number of fused-ring (bicyclic) bond motifs is 2. The lowest BCUT2D eigenvalue weighted by atomic mass is 9.96. The summed E-state index contributed by atoms with van der Waals surface area (Å²) in [7, 11) is 1.58. The molecule has 2 heterocycles. The predicted octanol–water partition coefficient (Wildman–Crippen LogP) is 3.97. The van der Waals surface area contributed by atoms with E-state index in [-0.39, 0.29) is 24.3 Å². The van der Waals surface area contributed by atoms with Crippen molar-refractivity contribution in [3.8, 4) is 11.5 Å². The van der Waals surface area contributed by atoms with Gasteiger partial charge >= 0.3 is 0 Å². The lowest BCUT2D eigenvalue weighted by Crippen LogP contribution is -2.38. The molecule has 7 heteroatoms. The second kappa shape index (κ2) is 7.95. The fourth-order valence-corrected chi connectivity index (χ4v) is 4.01. The van der Waals surface area contributed by atoms with Crippen LogP contribution in [0.15, 0.2) is 36.4 Å². The Bertz CT molecular complexity index is 962. The van der Waals surface area contributed by atoms with Gasteiger partial charge in [0.1, 0.15) is 17.6 Å². The van der Waals surface area contributed by atoms with E-state index in [1.54, 1.807) is 30.2 Å². The first-order valence-electron chi connectivity index (χ1n) is 9.70. The van der Waals surface area contributed by atoms with Gasteiger partial charge in [-0.25, -0.2) is 0 Å². The largest absolute Gasteiger partial charge is 0.497 e. The predicted molar refractivity (Wildman–Crippen MR) is 111 cm³/mol. The fourth-order valence-electron chi connectivity index (χ4n) is 3.85. The van der Waals surface area contributed by atoms with Gasteiger partial charge in [-0.05, 0) is 30.2 Å². The molecule has 2 aromatic carbocycles. The molecule has 0 bridgehead atoms. The van der Waals surface area contributed by atoms with Gasteiger partial charge in [0.15, 0.2) is 0 Å². The maximum atomic E-state index is 13.2. The highest BCUT2D eigenvalue weighted by molar-refractivity contribution is 6.30. The van der Waals surface area contributed by atoms with E-state index >= 15 is 0 Å². The highest BCUT2D eigenvalue weighted by Gasteiger charge is 2.35. The van der Waals surface area contributed by atoms with E-state index in [2.05, 4.69) is 5.32 Å². The van der Waals surface area contributed by atoms with Gasteiger partial charge in [-0.1, -0.05) is 30.7 Å². The van der Waals surface area contributed by atoms with Gasteiger partial charge in [0.05, 0.1) is 19.6 Å². The minimum Gasteiger partial charge on any atom is -0.497 e. The van der Waals surface area contributed by atoms with Crippen molar-refractivity contribution >= 4 is 29.1 Å². The van der Waals surface area contributed by atoms with E-state index in [9.17, 15) is 9.59 Å². The molecular weight excluding hydrogens is 392 g/mol. The number of amides is 2. The Balaban J connectivity index is 1.55. The second-order valence-corrected chi connectivity index (χ2v) is 7.81. The Morgan fingerprint density at radius 3 is 2.90 bits per heavy atom. The third-order valence-electron chi connectivity index (χ3n) is 5.51. The monoisotopic (exact) mass is 414 g/mol. The quantitative estimate of drug-likeness (QED) is 0.821. The molecule has 0 saturated carbocycles. The van der Waals surface area contributed by atoms with Gasteiger partial charge < -0.3 is 19.7 Å². The lowest BCUT2D eigenvalue weighted by Gasteiger charge is -2.24. The number of ether oxygens (including phenoxy) is 2. The number of carbonyl (C=O) groups excluding carboxylic acids is 2. The first kappa shape index (κ1) is 19.6. The number of nitrogens with one attached hydrogen (secondary N) is 1. The molecule has 0 aromatic heterocycles. The summed E-state index contributed by atoms with van der Waals surface area (Å²) in [6, 6.07) is 10.9. The summed E-state index contributed by atoms with van der Waals surface area (Å²) in [6.07, 6.45) is 0.764. The number of halogens is 1. The molecule has 2 unspecified atom stereocenters. The van der Waals surface area contributed by atoms with E-state index in [1.165, 1.54) is 0 Å². The lowest BCUT2D eigenvalue weighted by molar-refractivity contribution is -0.134. The molecule has 2 atom stereocenters. The van der Waals surface area contributed by atoms with E-state index in [4.69, 9.17) is 21.1 Å². The molecule has 0 radical (unpaired) electrons. The number of anilines is 1. The Morgan fingerprint density at radius 2 is 2.14 bits per heavy atom. The summed E-state index contributed by atoms with van der Waals surface area (Å²) in [4.78, 5) is 27.5. The van der Waals surface area contributed by atoms with Crippen molar-refractivity contribution < 1.29 is 19.1 Å². The van der Waals surface area contributed by atoms with E-state index in [1.807, 2.05) is 25.1 Å². The molecule has 2 aliphatic rings. The standard InChI is InChI=1S/C22H23ClN2O4/c1-3-15-12-25(11-13-4-5-14(23)8-20(13)29-15)21(26)10-18-17-7-6-16(28-2)9-19(17)24-22(18)27/h4-9,15,18H,3,10-12H2,1-2H3,(H,24,27). The zero-order valence-electron chi connectivity index (χ0n) is 16.4. The van der Waals surface area contributed by atoms with Crippen molar-refractivity contribution in [2.45, 2.75) is 38.3 Å². The van der Waals surface area contributed by atoms with Crippen LogP contribution in [0.5, 0.6) is 11.5 Å². The molecule has 2 aliphatic heterocycles. The summed E-state index contributed by atoms with van der Waals surface area (Å²) in [5.41, 5.74) is 2.45. The van der Waals surface area contributed by atoms with E-state index < -0.39 is 5.92 Å². The van der Waals surface area contributed by atoms with Gasteiger partial charge in [0.25, 0.3) is 0 Å². The van der Waals surface area contributed by atoms with Gasteiger partial charge in [0, 0.05) is 35.3 Å². The summed E-state index contributed by atoms with van der Waals surface area (Å²) in [5.74, 6) is 0.653. The van der Waals surface area contributed by atoms with Crippen molar-refractivity contribution in [3.05, 3.63) is 52.5 Å². The molecule has 2 aromatic rings. The molecule has 152 valence electrons. The maximum absolute atomic E-state index is 13.2. The normalized spacial score (nSPS) is 20.2. The van der Waals surface area contributed by atoms with Crippen molar-refractivity contribution in [1.29, 1.82) is 0 Å². The van der Waals surface area contributed by atoms with E-state index in [0.717, 1.165) is 23.3 Å². The molecule has 0 saturated heterocycles. The third kappa shape index (κ3) is 3.90. The van der Waals surface area contributed by atoms with Crippen molar-refractivity contribution in [3.63, 3.8) is 0 Å². The molecule has 0 aliphatic carbocycles. The minimum atomic E-state index is -0.502. The summed E-state index contributed by atoms with van der Waals surface area (Å²) in [5, 5.41) is 3.46. The third-order valence-corrected chi connectivity index (χ3v) is 5.74. The van der Waals surface area contributed by atoms with Crippen molar-refractivity contribution in [2.75, 3.05) is 19.0 Å². The average Bonchev–Trinajstić information content (AvgIpc) is 2.90. The fraction of sp³-hybridized carbons (Fsp3) is 0.364. The maximum Gasteiger partial charge on any atom is 0.232 e. The number of nitrogens with zero attached hydrogens (tertiary/aromatic N) is 1. The molecule has 0 spiro atoms. The first-order valence-corrected chi connectivity index (χ1v) is 10.1. The van der Waals surface area contributed by atoms with Crippen LogP contribution in [0.3, 0.4) is 0 Å². The second-order valence-electron chi connectivity index (χ2n) is 7.37. The Morgan fingerprint density at radius 1 is 1.31 bits per heavy atom. The van der Waals surface area contributed by atoms with Crippen LogP contribution in [-0.2, 0) is 16.1 Å². The first-order chi connectivity index (χ1) is 14.0. The summed E-state index contributed by atoms with van der Waals surface area (Å²) in [6.45, 7) is 2.94. The van der Waals surface area contributed by atoms with Crippen molar-refractivity contribution in [1.82, 2.24) is 4.90 Å². The number of methoxy groups -OCH3 is 1. The number of hydrogen-bond donors (Lipinski definition) is 1. The van der Waals surface area contributed by atoms with Crippen LogP contribution < -0.4 is 14.8 Å². The van der Waals surface area contributed by atoms with Gasteiger partial charge in [-0.2, -0.15) is 0 Å². The Hall–Kier alpha value is -2.73. The number of rotatable bonds is 4. The van der Waals surface area contributed by atoms with Crippen LogP contribution in [0, 0.1) is 0 Å². The van der Waals surface area contributed by atoms with E-state index in [0.29, 0.717) is 29.5 Å². The highest BCUT2D eigenvalue weighted by Crippen LogP contribution is 2.38. The zero-order valence-corrected chi connectivity index (χ0v) is 17.2. The van der Waals surface area contributed by atoms with Crippen LogP contribution in [0.2, 0.25) is 5.02 Å². The Labute approximate surface area is 174 Å². The molecular formula is C22H23ClN2O4. The molecule has 6 nitrogen and oxygen atoms in total. The van der Waals surface area contributed by atoms with Crippen LogP contribution in [-0.4, -0.2) is 36.5 Å². The van der Waals surface area contributed by atoms with Gasteiger partial charge in [-0.3, -0.25) is 9.59 Å². The average molecular weight is 415 g/mol. The number of hydrogen-bond acceptors (Lipinski definition) is 4. The van der Waals surface area contributed by atoms with Crippen LogP contribution >= 0.6 is 11.6 Å². The zero-order chi connectivity index (χ0) is 20.5. The Kier molecular flexibility index (Phi) is 5.37. The number of carbonyl (C=O) groups is 2. The molecule has 0 fully saturated rings. The van der Waals surface area contributed by atoms with Gasteiger partial charge in [-0.15, -0.1) is 0 Å². The molecule has 1 N–H and O–H groups in total. The minimum absolute atomic E-state index is 0.0707. The van der Waals surface area contributed by atoms with Crippen LogP contribution in [0.4, 0.5) is 5.69 Å². The summed E-state index contributed by atoms with van der Waals surface area (Å²) >= 11 is 6.10. The molecule has 2 amide bonds. The SMILES string of the molecule is CCC1CN(C(=O)CC2C(=O)Nc3cc(OC)ccc32)Cc2ccc(Cl)cc2O1. The molecule has 29 heavy (non-hydrogen) atoms. The smallest absolute Gasteiger partial charge is 0.232 e. The number of benzene rings is 2. The molecule has 4 rings (SSSR count). The highest BCUT2D eigenvalue weighted by atomic mass is 35.5. The van der Waals surface area contributed by atoms with Crippen LogP contribution in [0.25, 0.3) is 0 Å². The van der Waals surface area contributed by atoms with Gasteiger partial charge in [0.2, 0.25) is 11.8 Å².